The van der Waals surface area contributed by atoms with Gasteiger partial charge in [-0.2, -0.15) is 0 Å². The summed E-state index contributed by atoms with van der Waals surface area (Å²) in [5.41, 5.74) is 11.9. The lowest BCUT2D eigenvalue weighted by Gasteiger charge is -2.37. The molecule has 4 atom stereocenters. The summed E-state index contributed by atoms with van der Waals surface area (Å²) in [6.45, 7) is 8.91. The maximum absolute atomic E-state index is 13.9. The van der Waals surface area contributed by atoms with E-state index < -0.39 is 24.3 Å². The topological polar surface area (TPSA) is 175 Å². The number of alkyl carbamates (subject to hydrolysis) is 2. The summed E-state index contributed by atoms with van der Waals surface area (Å²) < 4.78 is 9.67. The lowest BCUT2D eigenvalue weighted by molar-refractivity contribution is -0.139. The van der Waals surface area contributed by atoms with Crippen LogP contribution in [-0.2, 0) is 31.9 Å². The van der Waals surface area contributed by atoms with E-state index in [2.05, 4.69) is 81.3 Å². The van der Waals surface area contributed by atoms with Crippen molar-refractivity contribution in [3.63, 3.8) is 0 Å². The highest BCUT2D eigenvalue weighted by Gasteiger charge is 2.41. The van der Waals surface area contributed by atoms with Crippen LogP contribution in [0.4, 0.5) is 9.59 Å². The average molecular weight is 937 g/mol. The number of carbonyl (C=O) groups excluding carboxylic acids is 4. The van der Waals surface area contributed by atoms with Crippen molar-refractivity contribution in [2.24, 2.45) is 17.3 Å². The number of carbonyl (C=O) groups is 4. The number of hydrogen-bond donors (Lipinski definition) is 4. The first kappa shape index (κ1) is 47.6. The molecule has 0 bridgehead atoms. The molecule has 0 unspecified atom stereocenters. The maximum Gasteiger partial charge on any atom is 0.407 e. The third-order valence-electron chi connectivity index (χ3n) is 15.3. The van der Waals surface area contributed by atoms with Crippen molar-refractivity contribution in [3.05, 3.63) is 95.8 Å². The highest BCUT2D eigenvalue weighted by atomic mass is 16.5. The Hall–Kier alpha value is -6.44. The molecule has 2 aliphatic heterocycles. The van der Waals surface area contributed by atoms with Gasteiger partial charge in [-0.3, -0.25) is 9.59 Å². The number of hydrogen-bond acceptors (Lipinski definition) is 8. The van der Waals surface area contributed by atoms with E-state index in [0.29, 0.717) is 18.5 Å². The van der Waals surface area contributed by atoms with Crippen molar-refractivity contribution >= 4 is 24.0 Å². The van der Waals surface area contributed by atoms with Gasteiger partial charge in [-0.25, -0.2) is 19.6 Å². The molecule has 1 spiro atoms. The summed E-state index contributed by atoms with van der Waals surface area (Å²) in [4.78, 5) is 72.6. The number of likely N-dealkylation sites (tertiary alicyclic amines) is 2. The molecule has 14 heteroatoms. The molecule has 0 radical (unpaired) electrons. The molecule has 1 saturated carbocycles. The molecule has 5 aromatic rings. The first-order valence-corrected chi connectivity index (χ1v) is 25.1. The van der Waals surface area contributed by atoms with E-state index in [1.54, 1.807) is 0 Å². The Labute approximate surface area is 405 Å². The molecular weight excluding hydrogens is 869 g/mol. The number of aromatic amines is 2. The van der Waals surface area contributed by atoms with E-state index >= 15 is 0 Å². The predicted molar refractivity (Wildman–Crippen MR) is 266 cm³/mol. The number of aromatic nitrogens is 4. The Morgan fingerprint density at radius 3 is 1.54 bits per heavy atom. The summed E-state index contributed by atoms with van der Waals surface area (Å²) in [6, 6.07) is 20.5. The van der Waals surface area contributed by atoms with Gasteiger partial charge in [0.05, 0.1) is 50.1 Å². The van der Waals surface area contributed by atoms with Crippen LogP contribution < -0.4 is 10.6 Å². The number of H-pyrrole nitrogens is 2. The smallest absolute Gasteiger partial charge is 0.407 e. The quantitative estimate of drug-likeness (QED) is 0.0956. The van der Waals surface area contributed by atoms with Crippen LogP contribution in [0.15, 0.2) is 73.1 Å². The third kappa shape index (κ3) is 9.89. The molecule has 2 aromatic heterocycles. The highest BCUT2D eigenvalue weighted by molar-refractivity contribution is 5.87. The fourth-order valence-corrected chi connectivity index (χ4v) is 11.5. The zero-order valence-corrected chi connectivity index (χ0v) is 41.0. The van der Waals surface area contributed by atoms with Gasteiger partial charge in [0.1, 0.15) is 23.7 Å². The molecular formula is C55H68N8O6. The van der Waals surface area contributed by atoms with E-state index in [1.807, 2.05) is 49.9 Å². The van der Waals surface area contributed by atoms with Crippen LogP contribution in [-0.4, -0.2) is 93.1 Å². The number of benzene rings is 3. The van der Waals surface area contributed by atoms with Crippen LogP contribution in [0, 0.1) is 17.3 Å². The number of ether oxygens (including phenoxy) is 2. The number of nitrogens with one attached hydrogen (secondary N) is 4. The zero-order valence-electron chi connectivity index (χ0n) is 41.0. The standard InChI is InChI=1S/C55H68N8O6/c1-33(2)47(60-53(66)68-5)51(64)62-25-11-7-13-45(62)49-56-31-43(58-49)37-19-15-35(16-20-37)39-27-40-29-55(23-9-10-24-55)30-42(40)41(28-39)36-17-21-38(22-18-36)44-32-57-50(59-44)46-14-8-12-26-63(46)52(65)48(34(3)4)61-54(67)69-6/h15-22,27-28,31-34,45-48H,7-14,23-26,29-30H2,1-6H3,(H,56,58)(H,57,59)(H,60,66)(H,61,67)/t45-,46-,47-,48-/m0/s1. The number of amides is 4. The van der Waals surface area contributed by atoms with Gasteiger partial charge in [-0.1, -0.05) is 95.1 Å². The van der Waals surface area contributed by atoms with E-state index in [1.165, 1.54) is 67.7 Å². The second-order valence-corrected chi connectivity index (χ2v) is 20.5. The van der Waals surface area contributed by atoms with Crippen LogP contribution >= 0.6 is 0 Å². The molecule has 69 heavy (non-hydrogen) atoms. The molecule has 4 heterocycles. The number of imidazole rings is 2. The Morgan fingerprint density at radius 2 is 1.07 bits per heavy atom. The van der Waals surface area contributed by atoms with Crippen molar-refractivity contribution in [2.45, 2.75) is 129 Å². The molecule has 2 saturated heterocycles. The van der Waals surface area contributed by atoms with Gasteiger partial charge in [-0.15, -0.1) is 0 Å². The van der Waals surface area contributed by atoms with Gasteiger partial charge in [0.25, 0.3) is 0 Å². The molecule has 4 N–H and O–H groups in total. The minimum absolute atomic E-state index is 0.109. The summed E-state index contributed by atoms with van der Waals surface area (Å²) >= 11 is 0. The minimum Gasteiger partial charge on any atom is -0.453 e. The monoisotopic (exact) mass is 937 g/mol. The molecule has 364 valence electrons. The lowest BCUT2D eigenvalue weighted by Crippen LogP contribution is -2.53. The number of methoxy groups -OCH3 is 2. The van der Waals surface area contributed by atoms with Crippen LogP contribution in [0.25, 0.3) is 44.8 Å². The third-order valence-corrected chi connectivity index (χ3v) is 15.3. The van der Waals surface area contributed by atoms with Crippen LogP contribution in [0.2, 0.25) is 0 Å². The van der Waals surface area contributed by atoms with E-state index in [4.69, 9.17) is 19.4 Å². The Kier molecular flexibility index (Phi) is 14.0. The SMILES string of the molecule is COC(=O)N[C@H](C(=O)N1CCCC[C@H]1c1ncc(-c2ccc(-c3cc4c(c(-c5ccc(-c6cnc([C@@H]7CCCCN7C(=O)[C@@H](NC(=O)OC)C(C)C)[nH]6)cc5)c3)CC3(CCCC3)C4)cc2)[nH]1)C(C)C. The van der Waals surface area contributed by atoms with Crippen molar-refractivity contribution in [2.75, 3.05) is 27.3 Å². The second-order valence-electron chi connectivity index (χ2n) is 20.5. The van der Waals surface area contributed by atoms with Gasteiger partial charge in [0.15, 0.2) is 0 Å². The average Bonchev–Trinajstić information content (AvgIpc) is 4.22. The van der Waals surface area contributed by atoms with Gasteiger partial charge < -0.3 is 39.9 Å². The zero-order chi connectivity index (χ0) is 48.4. The Morgan fingerprint density at radius 1 is 0.609 bits per heavy atom. The van der Waals surface area contributed by atoms with E-state index in [-0.39, 0.29) is 35.7 Å². The highest BCUT2D eigenvalue weighted by Crippen LogP contribution is 2.52. The fourth-order valence-electron chi connectivity index (χ4n) is 11.5. The van der Waals surface area contributed by atoms with Crippen molar-refractivity contribution in [3.8, 4) is 44.8 Å². The van der Waals surface area contributed by atoms with Gasteiger partial charge >= 0.3 is 12.2 Å². The van der Waals surface area contributed by atoms with Gasteiger partial charge in [-0.05, 0) is 132 Å². The summed E-state index contributed by atoms with van der Waals surface area (Å²) in [6.07, 6.45) is 15.2. The van der Waals surface area contributed by atoms with Crippen LogP contribution in [0.5, 0.6) is 0 Å². The van der Waals surface area contributed by atoms with E-state index in [0.717, 1.165) is 91.1 Å². The van der Waals surface area contributed by atoms with Gasteiger partial charge in [0.2, 0.25) is 11.8 Å². The first-order chi connectivity index (χ1) is 33.3. The molecule has 4 amide bonds. The number of piperidine rings is 2. The molecule has 9 rings (SSSR count). The van der Waals surface area contributed by atoms with Gasteiger partial charge in [0, 0.05) is 13.1 Å². The summed E-state index contributed by atoms with van der Waals surface area (Å²) in [7, 11) is 2.62. The Bertz CT molecular complexity index is 2650. The summed E-state index contributed by atoms with van der Waals surface area (Å²) in [5.74, 6) is 1.04. The Balaban J connectivity index is 0.950. The molecule has 14 nitrogen and oxygen atoms in total. The second kappa shape index (κ2) is 20.3. The number of rotatable bonds is 12. The van der Waals surface area contributed by atoms with Crippen molar-refractivity contribution in [1.29, 1.82) is 0 Å². The molecule has 3 aromatic carbocycles. The maximum atomic E-state index is 13.9. The lowest BCUT2D eigenvalue weighted by atomic mass is 9.83. The normalized spacial score (nSPS) is 19.7. The van der Waals surface area contributed by atoms with E-state index in [9.17, 15) is 19.2 Å². The first-order valence-electron chi connectivity index (χ1n) is 25.1. The number of nitrogens with zero attached hydrogens (tertiary/aromatic N) is 4. The predicted octanol–water partition coefficient (Wildman–Crippen LogP) is 10.3. The summed E-state index contributed by atoms with van der Waals surface area (Å²) in [5, 5.41) is 5.50. The number of fused-ring (bicyclic) bond motifs is 1. The van der Waals surface area contributed by atoms with Crippen molar-refractivity contribution < 1.29 is 28.7 Å². The van der Waals surface area contributed by atoms with Crippen LogP contribution in [0.1, 0.15) is 127 Å². The van der Waals surface area contributed by atoms with Crippen molar-refractivity contribution in [1.82, 2.24) is 40.4 Å². The van der Waals surface area contributed by atoms with Crippen LogP contribution in [0.3, 0.4) is 0 Å². The fraction of sp³-hybridized carbons (Fsp3) is 0.491. The molecule has 4 aliphatic rings. The minimum atomic E-state index is -0.693. The molecule has 3 fully saturated rings. The molecule has 2 aliphatic carbocycles. The largest absolute Gasteiger partial charge is 0.453 e.